The van der Waals surface area contributed by atoms with E-state index in [-0.39, 0.29) is 18.3 Å². The Morgan fingerprint density at radius 3 is 2.90 bits per heavy atom. The third-order valence-corrected chi connectivity index (χ3v) is 3.77. The SMILES string of the molecule is OC(Cc1cc(Cl)ccc1F)C1Cc2ccccc2O1. The van der Waals surface area contributed by atoms with E-state index in [0.29, 0.717) is 17.0 Å². The Bertz CT molecular complexity index is 605. The fraction of sp³-hybridized carbons (Fsp3) is 0.250. The van der Waals surface area contributed by atoms with Crippen molar-refractivity contribution < 1.29 is 14.2 Å². The Balaban J connectivity index is 1.72. The van der Waals surface area contributed by atoms with E-state index in [2.05, 4.69) is 0 Å². The van der Waals surface area contributed by atoms with Crippen molar-refractivity contribution >= 4 is 11.6 Å². The van der Waals surface area contributed by atoms with Gasteiger partial charge in [0.1, 0.15) is 17.7 Å². The summed E-state index contributed by atoms with van der Waals surface area (Å²) in [5.41, 5.74) is 1.48. The molecule has 1 N–H and O–H groups in total. The predicted octanol–water partition coefficient (Wildman–Crippen LogP) is 3.39. The monoisotopic (exact) mass is 292 g/mol. The van der Waals surface area contributed by atoms with Crippen LogP contribution in [0, 0.1) is 5.82 Å². The van der Waals surface area contributed by atoms with Crippen molar-refractivity contribution in [3.8, 4) is 5.75 Å². The van der Waals surface area contributed by atoms with Crippen LogP contribution in [-0.4, -0.2) is 17.3 Å². The van der Waals surface area contributed by atoms with E-state index in [0.717, 1.165) is 11.3 Å². The predicted molar refractivity (Wildman–Crippen MR) is 75.7 cm³/mol. The van der Waals surface area contributed by atoms with Gasteiger partial charge in [-0.3, -0.25) is 0 Å². The Morgan fingerprint density at radius 1 is 1.30 bits per heavy atom. The Kier molecular flexibility index (Phi) is 3.64. The number of aliphatic hydroxyl groups is 1. The van der Waals surface area contributed by atoms with E-state index >= 15 is 0 Å². The first-order chi connectivity index (χ1) is 9.63. The van der Waals surface area contributed by atoms with Crippen molar-refractivity contribution in [1.82, 2.24) is 0 Å². The number of rotatable bonds is 3. The van der Waals surface area contributed by atoms with Crippen LogP contribution in [0.2, 0.25) is 5.02 Å². The Hall–Kier alpha value is -1.58. The summed E-state index contributed by atoms with van der Waals surface area (Å²) >= 11 is 5.85. The van der Waals surface area contributed by atoms with E-state index in [1.165, 1.54) is 12.1 Å². The lowest BCUT2D eigenvalue weighted by atomic mass is 10.00. The normalized spacial score (nSPS) is 18.4. The number of fused-ring (bicyclic) bond motifs is 1. The molecule has 20 heavy (non-hydrogen) atoms. The number of ether oxygens (including phenoxy) is 1. The highest BCUT2D eigenvalue weighted by atomic mass is 35.5. The fourth-order valence-electron chi connectivity index (χ4n) is 2.48. The highest BCUT2D eigenvalue weighted by molar-refractivity contribution is 6.30. The molecule has 4 heteroatoms. The molecule has 0 saturated heterocycles. The second-order valence-corrected chi connectivity index (χ2v) is 5.41. The lowest BCUT2D eigenvalue weighted by molar-refractivity contribution is 0.0497. The molecule has 1 aliphatic rings. The van der Waals surface area contributed by atoms with Gasteiger partial charge in [-0.1, -0.05) is 29.8 Å². The molecule has 0 bridgehead atoms. The molecule has 0 amide bonds. The first-order valence-corrected chi connectivity index (χ1v) is 6.88. The first kappa shape index (κ1) is 13.4. The van der Waals surface area contributed by atoms with Gasteiger partial charge in [-0.15, -0.1) is 0 Å². The van der Waals surface area contributed by atoms with Crippen molar-refractivity contribution in [2.45, 2.75) is 25.0 Å². The second kappa shape index (κ2) is 5.43. The highest BCUT2D eigenvalue weighted by Gasteiger charge is 2.29. The number of hydrogen-bond acceptors (Lipinski definition) is 2. The Morgan fingerprint density at radius 2 is 2.10 bits per heavy atom. The van der Waals surface area contributed by atoms with Crippen LogP contribution < -0.4 is 4.74 Å². The standard InChI is InChI=1S/C16H14ClFO2/c17-12-5-6-13(18)11(7-12)8-14(19)16-9-10-3-1-2-4-15(10)20-16/h1-7,14,16,19H,8-9H2. The maximum Gasteiger partial charge on any atom is 0.129 e. The molecule has 0 aliphatic carbocycles. The zero-order valence-corrected chi connectivity index (χ0v) is 11.5. The molecule has 2 unspecified atom stereocenters. The lowest BCUT2D eigenvalue weighted by Gasteiger charge is -2.18. The number of hydrogen-bond donors (Lipinski definition) is 1. The number of para-hydroxylation sites is 1. The van der Waals surface area contributed by atoms with Gasteiger partial charge in [0.25, 0.3) is 0 Å². The lowest BCUT2D eigenvalue weighted by Crippen LogP contribution is -2.32. The van der Waals surface area contributed by atoms with Crippen molar-refractivity contribution in [2.24, 2.45) is 0 Å². The van der Waals surface area contributed by atoms with Crippen molar-refractivity contribution in [2.75, 3.05) is 0 Å². The molecule has 0 spiro atoms. The molecular weight excluding hydrogens is 279 g/mol. The van der Waals surface area contributed by atoms with Crippen molar-refractivity contribution in [1.29, 1.82) is 0 Å². The number of benzene rings is 2. The smallest absolute Gasteiger partial charge is 0.129 e. The topological polar surface area (TPSA) is 29.5 Å². The molecule has 0 saturated carbocycles. The van der Waals surface area contributed by atoms with Gasteiger partial charge in [0.05, 0.1) is 6.10 Å². The molecule has 2 aromatic carbocycles. The minimum Gasteiger partial charge on any atom is -0.487 e. The highest BCUT2D eigenvalue weighted by Crippen LogP contribution is 2.30. The van der Waals surface area contributed by atoms with Crippen LogP contribution in [-0.2, 0) is 12.8 Å². The van der Waals surface area contributed by atoms with Crippen LogP contribution in [0.1, 0.15) is 11.1 Å². The van der Waals surface area contributed by atoms with E-state index in [9.17, 15) is 9.50 Å². The zero-order valence-electron chi connectivity index (χ0n) is 10.7. The second-order valence-electron chi connectivity index (χ2n) is 4.98. The number of aliphatic hydroxyl groups excluding tert-OH is 1. The largest absolute Gasteiger partial charge is 0.487 e. The summed E-state index contributed by atoms with van der Waals surface area (Å²) < 4.78 is 19.4. The third-order valence-electron chi connectivity index (χ3n) is 3.54. The molecule has 2 nitrogen and oxygen atoms in total. The average Bonchev–Trinajstić information content (AvgIpc) is 2.87. The van der Waals surface area contributed by atoms with E-state index in [1.807, 2.05) is 24.3 Å². The molecule has 0 fully saturated rings. The molecule has 0 radical (unpaired) electrons. The molecule has 1 heterocycles. The van der Waals surface area contributed by atoms with E-state index in [1.54, 1.807) is 6.07 Å². The van der Waals surface area contributed by atoms with Crippen molar-refractivity contribution in [3.63, 3.8) is 0 Å². The van der Waals surface area contributed by atoms with Gasteiger partial charge in [0.15, 0.2) is 0 Å². The van der Waals surface area contributed by atoms with Gasteiger partial charge in [-0.05, 0) is 35.4 Å². The first-order valence-electron chi connectivity index (χ1n) is 6.50. The molecule has 104 valence electrons. The Labute approximate surface area is 121 Å². The summed E-state index contributed by atoms with van der Waals surface area (Å²) in [6, 6.07) is 12.0. The van der Waals surface area contributed by atoms with Crippen LogP contribution in [0.4, 0.5) is 4.39 Å². The summed E-state index contributed by atoms with van der Waals surface area (Å²) in [5.74, 6) is 0.437. The maximum atomic E-state index is 13.7. The minimum absolute atomic E-state index is 0.186. The molecule has 2 atom stereocenters. The molecular formula is C16H14ClFO2. The molecule has 0 aromatic heterocycles. The molecule has 2 aromatic rings. The van der Waals surface area contributed by atoms with Gasteiger partial charge >= 0.3 is 0 Å². The zero-order chi connectivity index (χ0) is 14.1. The maximum absolute atomic E-state index is 13.7. The summed E-state index contributed by atoms with van der Waals surface area (Å²) in [4.78, 5) is 0. The van der Waals surface area contributed by atoms with Gasteiger partial charge in [0, 0.05) is 17.9 Å². The summed E-state index contributed by atoms with van der Waals surface area (Å²) in [7, 11) is 0. The number of halogens is 2. The summed E-state index contributed by atoms with van der Waals surface area (Å²) in [5, 5.41) is 10.7. The van der Waals surface area contributed by atoms with Gasteiger partial charge in [-0.2, -0.15) is 0 Å². The molecule has 1 aliphatic heterocycles. The van der Waals surface area contributed by atoms with E-state index < -0.39 is 6.10 Å². The average molecular weight is 293 g/mol. The van der Waals surface area contributed by atoms with Crippen LogP contribution in [0.25, 0.3) is 0 Å². The fourth-order valence-corrected chi connectivity index (χ4v) is 2.67. The quantitative estimate of drug-likeness (QED) is 0.940. The van der Waals surface area contributed by atoms with Gasteiger partial charge in [-0.25, -0.2) is 4.39 Å². The molecule has 3 rings (SSSR count). The van der Waals surface area contributed by atoms with Gasteiger partial charge in [0.2, 0.25) is 0 Å². The van der Waals surface area contributed by atoms with E-state index in [4.69, 9.17) is 16.3 Å². The summed E-state index contributed by atoms with van der Waals surface area (Å²) in [6.45, 7) is 0. The van der Waals surface area contributed by atoms with Crippen LogP contribution in [0.15, 0.2) is 42.5 Å². The van der Waals surface area contributed by atoms with Crippen LogP contribution in [0.3, 0.4) is 0 Å². The summed E-state index contributed by atoms with van der Waals surface area (Å²) in [6.07, 6.45) is -0.286. The van der Waals surface area contributed by atoms with Crippen LogP contribution in [0.5, 0.6) is 5.75 Å². The van der Waals surface area contributed by atoms with Crippen molar-refractivity contribution in [3.05, 3.63) is 64.4 Å². The third kappa shape index (κ3) is 2.65. The van der Waals surface area contributed by atoms with Gasteiger partial charge < -0.3 is 9.84 Å². The van der Waals surface area contributed by atoms with Crippen LogP contribution >= 0.6 is 11.6 Å². The minimum atomic E-state index is -0.768.